The van der Waals surface area contributed by atoms with Crippen molar-refractivity contribution in [1.29, 1.82) is 0 Å². The molecule has 0 N–H and O–H groups in total. The van der Waals surface area contributed by atoms with Gasteiger partial charge in [-0.2, -0.15) is 21.6 Å². The first-order valence-electron chi connectivity index (χ1n) is 6.64. The number of non-ortho nitro benzene ring substituents is 1. The van der Waals surface area contributed by atoms with Crippen molar-refractivity contribution in [2.24, 2.45) is 0 Å². The van der Waals surface area contributed by atoms with Crippen molar-refractivity contribution in [2.45, 2.75) is 31.7 Å². The molecule has 0 atom stereocenters. The number of nitrogens with zero attached hydrogens (tertiary/aromatic N) is 1. The van der Waals surface area contributed by atoms with Crippen LogP contribution in [0.2, 0.25) is 0 Å². The van der Waals surface area contributed by atoms with Crippen molar-refractivity contribution in [1.82, 2.24) is 0 Å². The van der Waals surface area contributed by atoms with E-state index in [1.54, 1.807) is 6.92 Å². The van der Waals surface area contributed by atoms with Gasteiger partial charge in [-0.15, -0.1) is 0 Å². The lowest BCUT2D eigenvalue weighted by atomic mass is 10.2. The zero-order valence-electron chi connectivity index (χ0n) is 12.4. The summed E-state index contributed by atoms with van der Waals surface area (Å²) in [6.07, 6.45) is 1.20. The second-order valence-electron chi connectivity index (χ2n) is 4.50. The molecule has 134 valence electrons. The minimum atomic E-state index is -5.69. The average molecular weight is 480 g/mol. The molecule has 0 aliphatic carbocycles. The molecule has 0 aliphatic heterocycles. The molecular weight excluding hydrogens is 466 g/mol. The Labute approximate surface area is 147 Å². The summed E-state index contributed by atoms with van der Waals surface area (Å²) in [4.78, 5) is 9.99. The fourth-order valence-electron chi connectivity index (χ4n) is 1.41. The van der Waals surface area contributed by atoms with E-state index in [9.17, 15) is 31.7 Å². The molecule has 0 saturated carbocycles. The fourth-order valence-corrected chi connectivity index (χ4v) is 4.01. The van der Waals surface area contributed by atoms with Crippen LogP contribution in [0.1, 0.15) is 26.2 Å². The molecule has 0 saturated heterocycles. The van der Waals surface area contributed by atoms with Gasteiger partial charge in [0, 0.05) is 18.6 Å². The summed E-state index contributed by atoms with van der Waals surface area (Å²) < 4.78 is 65.7. The molecule has 24 heavy (non-hydrogen) atoms. The van der Waals surface area contributed by atoms with Gasteiger partial charge in [-0.05, 0) is 18.6 Å². The first kappa shape index (κ1) is 20.7. The van der Waals surface area contributed by atoms with Crippen molar-refractivity contribution >= 4 is 15.8 Å². The van der Waals surface area contributed by atoms with E-state index >= 15 is 0 Å². The van der Waals surface area contributed by atoms with Crippen molar-refractivity contribution in [3.8, 4) is 0 Å². The smallest absolute Gasteiger partial charge is 0.376 e. The molecule has 1 aromatic carbocycles. The van der Waals surface area contributed by atoms with Crippen molar-refractivity contribution in [3.63, 3.8) is 0 Å². The summed E-state index contributed by atoms with van der Waals surface area (Å²) in [7, 11) is -5.69. The molecule has 0 amide bonds. The van der Waals surface area contributed by atoms with Gasteiger partial charge in [0.05, 0.1) is 4.92 Å². The Morgan fingerprint density at radius 3 is 2.38 bits per heavy atom. The second-order valence-corrected chi connectivity index (χ2v) is 8.53. The number of halogens is 4. The number of alkyl halides is 3. The van der Waals surface area contributed by atoms with E-state index < -0.39 is 41.8 Å². The molecule has 0 radical (unpaired) electrons. The minimum Gasteiger partial charge on any atom is -0.376 e. The number of unbranched alkanes of at least 4 members (excludes halogenated alkanes) is 1. The number of nitro groups is 1. The van der Waals surface area contributed by atoms with Crippen LogP contribution in [0.5, 0.6) is 0 Å². The van der Waals surface area contributed by atoms with E-state index in [1.807, 2.05) is 0 Å². The van der Waals surface area contributed by atoms with Gasteiger partial charge in [-0.25, -0.2) is 0 Å². The Bertz CT molecular complexity index is 701. The van der Waals surface area contributed by atoms with Crippen LogP contribution >= 0.6 is 0 Å². The van der Waals surface area contributed by atoms with Gasteiger partial charge in [0.15, 0.2) is 13.4 Å². The molecule has 0 unspecified atom stereocenters. The predicted molar refractivity (Wildman–Crippen MR) is 75.5 cm³/mol. The minimum absolute atomic E-state index is 0.0680. The Balaban J connectivity index is 2.91. The number of rotatable bonds is 8. The summed E-state index contributed by atoms with van der Waals surface area (Å²) in [6.45, 7) is 1.81. The molecular formula is C13H14F3INO5S+. The molecule has 11 heteroatoms. The topological polar surface area (TPSA) is 86.5 Å². The van der Waals surface area contributed by atoms with Gasteiger partial charge in [-0.1, -0.05) is 13.3 Å². The number of hydrogen-bond acceptors (Lipinski definition) is 5. The highest BCUT2D eigenvalue weighted by Gasteiger charge is 2.49. The molecule has 0 spiro atoms. The van der Waals surface area contributed by atoms with Crippen LogP contribution in [0.25, 0.3) is 0 Å². The summed E-state index contributed by atoms with van der Waals surface area (Å²) in [6, 6.07) is 5.53. The van der Waals surface area contributed by atoms with Gasteiger partial charge in [0.25, 0.3) is 5.69 Å². The van der Waals surface area contributed by atoms with Crippen LogP contribution in [0.3, 0.4) is 0 Å². The maximum absolute atomic E-state index is 12.4. The van der Waals surface area contributed by atoms with Crippen LogP contribution in [0, 0.1) is 13.7 Å². The third kappa shape index (κ3) is 6.26. The number of hydrogen-bond donors (Lipinski definition) is 0. The van der Waals surface area contributed by atoms with Crippen LogP contribution in [-0.2, 0) is 14.3 Å². The van der Waals surface area contributed by atoms with Crippen molar-refractivity contribution in [3.05, 3.63) is 47.8 Å². The first-order valence-corrected chi connectivity index (χ1v) is 10.4. The number of nitro benzene ring substituents is 1. The molecule has 0 heterocycles. The highest BCUT2D eigenvalue weighted by atomic mass is 127. The van der Waals surface area contributed by atoms with Crippen molar-refractivity contribution < 1.29 is 51.9 Å². The standard InChI is InChI=1S/C13H14F3INO5S/c1-2-3-4-12(23-24(21,22)13(14,15)16)9-17-10-5-7-11(8-6-10)18(19)20/h5-9H,2-4H2,1H3/q+1/b12-9+. The van der Waals surface area contributed by atoms with Gasteiger partial charge in [0.2, 0.25) is 0 Å². The number of allylic oxidation sites excluding steroid dienone is 1. The zero-order chi connectivity index (χ0) is 18.4. The molecule has 0 fully saturated rings. The monoisotopic (exact) mass is 480 g/mol. The maximum Gasteiger partial charge on any atom is 0.534 e. The van der Waals surface area contributed by atoms with Gasteiger partial charge >= 0.3 is 36.8 Å². The highest BCUT2D eigenvalue weighted by molar-refractivity contribution is 7.87. The highest BCUT2D eigenvalue weighted by Crippen LogP contribution is 2.27. The van der Waals surface area contributed by atoms with Crippen LogP contribution < -0.4 is 21.2 Å². The quantitative estimate of drug-likeness (QED) is 0.137. The van der Waals surface area contributed by atoms with Crippen LogP contribution in [0.15, 0.2) is 34.1 Å². The lowest BCUT2D eigenvalue weighted by molar-refractivity contribution is -0.558. The summed E-state index contributed by atoms with van der Waals surface area (Å²) >= 11 is -0.997. The summed E-state index contributed by atoms with van der Waals surface area (Å²) in [5.41, 5.74) is -5.59. The fraction of sp³-hybridized carbons (Fsp3) is 0.385. The SMILES string of the molecule is CCCC/C(=C\[I+]c1ccc([N+](=O)[O-])cc1)OS(=O)(=O)C(F)(F)F. The van der Waals surface area contributed by atoms with Gasteiger partial charge in [-0.3, -0.25) is 10.1 Å². The summed E-state index contributed by atoms with van der Waals surface area (Å²) in [5, 5.41) is 10.6. The van der Waals surface area contributed by atoms with E-state index in [-0.39, 0.29) is 17.9 Å². The van der Waals surface area contributed by atoms with E-state index in [0.717, 1.165) is 0 Å². The zero-order valence-corrected chi connectivity index (χ0v) is 15.4. The molecule has 0 aromatic heterocycles. The van der Waals surface area contributed by atoms with E-state index in [2.05, 4.69) is 4.18 Å². The van der Waals surface area contributed by atoms with Gasteiger partial charge < -0.3 is 4.18 Å². The molecule has 0 aliphatic rings. The molecule has 0 bridgehead atoms. The van der Waals surface area contributed by atoms with Crippen LogP contribution in [0.4, 0.5) is 18.9 Å². The predicted octanol–water partition coefficient (Wildman–Crippen LogP) is 0.751. The third-order valence-corrected chi connectivity index (χ3v) is 6.06. The Kier molecular flexibility index (Phi) is 7.45. The lowest BCUT2D eigenvalue weighted by Crippen LogP contribution is -3.59. The maximum atomic E-state index is 12.4. The average Bonchev–Trinajstić information content (AvgIpc) is 2.49. The lowest BCUT2D eigenvalue weighted by Gasteiger charge is -2.10. The van der Waals surface area contributed by atoms with Gasteiger partial charge in [0.1, 0.15) is 0 Å². The molecule has 1 aromatic rings. The second kappa shape index (κ2) is 8.65. The summed E-state index contributed by atoms with van der Waals surface area (Å²) in [5.74, 6) is -0.250. The normalized spacial score (nSPS) is 12.9. The van der Waals surface area contributed by atoms with Crippen LogP contribution in [-0.4, -0.2) is 18.8 Å². The first-order chi connectivity index (χ1) is 11.1. The Morgan fingerprint density at radius 1 is 1.33 bits per heavy atom. The Morgan fingerprint density at radius 2 is 1.92 bits per heavy atom. The van der Waals surface area contributed by atoms with E-state index in [4.69, 9.17) is 0 Å². The van der Waals surface area contributed by atoms with E-state index in [0.29, 0.717) is 16.4 Å². The Hall–Kier alpha value is -1.37. The largest absolute Gasteiger partial charge is 0.534 e. The third-order valence-electron chi connectivity index (χ3n) is 2.62. The molecule has 6 nitrogen and oxygen atoms in total. The molecule has 1 rings (SSSR count). The van der Waals surface area contributed by atoms with E-state index in [1.165, 1.54) is 28.3 Å². The number of benzene rings is 1. The van der Waals surface area contributed by atoms with Crippen molar-refractivity contribution in [2.75, 3.05) is 0 Å².